The van der Waals surface area contributed by atoms with Crippen molar-refractivity contribution in [1.82, 2.24) is 0 Å². The van der Waals surface area contributed by atoms with Crippen LogP contribution in [0.4, 0.5) is 5.69 Å². The number of benzene rings is 1. The molecule has 0 unspecified atom stereocenters. The number of fused-ring (bicyclic) bond motifs is 1. The molecule has 0 aromatic heterocycles. The Morgan fingerprint density at radius 2 is 2.11 bits per heavy atom. The Morgan fingerprint density at radius 3 is 2.89 bits per heavy atom. The molecule has 2 aliphatic rings. The predicted octanol–water partition coefficient (Wildman–Crippen LogP) is 3.76. The van der Waals surface area contributed by atoms with E-state index < -0.39 is 0 Å². The van der Waals surface area contributed by atoms with E-state index in [1.807, 2.05) is 4.90 Å². The summed E-state index contributed by atoms with van der Waals surface area (Å²) in [7, 11) is 0. The Labute approximate surface area is 122 Å². The largest absolute Gasteiger partial charge is 0.312 e. The van der Waals surface area contributed by atoms with Crippen molar-refractivity contribution in [2.24, 2.45) is 5.92 Å². The van der Waals surface area contributed by atoms with Crippen molar-refractivity contribution < 1.29 is 4.79 Å². The Kier molecular flexibility index (Phi) is 3.59. The lowest BCUT2D eigenvalue weighted by Gasteiger charge is -2.23. The van der Waals surface area contributed by atoms with E-state index in [4.69, 9.17) is 0 Å². The van der Waals surface area contributed by atoms with Gasteiger partial charge in [0.2, 0.25) is 5.91 Å². The van der Waals surface area contributed by atoms with Crippen molar-refractivity contribution in [2.45, 2.75) is 38.5 Å². The molecule has 3 heteroatoms. The van der Waals surface area contributed by atoms with Crippen LogP contribution in [-0.2, 0) is 11.2 Å². The third-order valence-corrected chi connectivity index (χ3v) is 4.60. The van der Waals surface area contributed by atoms with Gasteiger partial charge in [0.15, 0.2) is 0 Å². The first-order valence-electron chi connectivity index (χ1n) is 6.83. The maximum Gasteiger partial charge on any atom is 0.226 e. The summed E-state index contributed by atoms with van der Waals surface area (Å²) in [6.07, 6.45) is 6.64. The molecule has 1 aliphatic heterocycles. The molecule has 0 saturated heterocycles. The fourth-order valence-electron chi connectivity index (χ4n) is 2.68. The Hall–Kier alpha value is -0.580. The molecule has 1 amide bonds. The Morgan fingerprint density at radius 1 is 1.28 bits per heavy atom. The number of amides is 1. The summed E-state index contributed by atoms with van der Waals surface area (Å²) in [5.41, 5.74) is 2.52. The van der Waals surface area contributed by atoms with Crippen LogP contribution in [0.25, 0.3) is 0 Å². The second kappa shape index (κ2) is 5.19. The van der Waals surface area contributed by atoms with Gasteiger partial charge < -0.3 is 4.90 Å². The highest BCUT2D eigenvalue weighted by molar-refractivity contribution is 14.1. The zero-order valence-electron chi connectivity index (χ0n) is 10.5. The number of anilines is 1. The zero-order valence-corrected chi connectivity index (χ0v) is 12.7. The summed E-state index contributed by atoms with van der Waals surface area (Å²) >= 11 is 2.35. The van der Waals surface area contributed by atoms with Crippen molar-refractivity contribution >= 4 is 34.2 Å². The van der Waals surface area contributed by atoms with Gasteiger partial charge in [0.1, 0.15) is 0 Å². The van der Waals surface area contributed by atoms with Crippen molar-refractivity contribution in [3.8, 4) is 0 Å². The fourth-order valence-corrected chi connectivity index (χ4v) is 3.24. The van der Waals surface area contributed by atoms with E-state index >= 15 is 0 Å². The molecule has 0 N–H and O–H groups in total. The Bertz CT molecular complexity index is 468. The topological polar surface area (TPSA) is 20.3 Å². The Balaban J connectivity index is 1.86. The van der Waals surface area contributed by atoms with Gasteiger partial charge in [0.05, 0.1) is 0 Å². The normalized spacial score (nSPS) is 19.6. The predicted molar refractivity (Wildman–Crippen MR) is 81.8 cm³/mol. The SMILES string of the molecule is O=C1CCCc2cc(I)ccc2N1CCC1CC1. The molecule has 96 valence electrons. The quantitative estimate of drug-likeness (QED) is 0.756. The number of carbonyl (C=O) groups is 1. The van der Waals surface area contributed by atoms with Gasteiger partial charge >= 0.3 is 0 Å². The number of halogens is 1. The third-order valence-electron chi connectivity index (χ3n) is 3.93. The number of nitrogens with zero attached hydrogens (tertiary/aromatic N) is 1. The van der Waals surface area contributed by atoms with Crippen LogP contribution in [0.2, 0.25) is 0 Å². The van der Waals surface area contributed by atoms with Crippen LogP contribution in [0.1, 0.15) is 37.7 Å². The molecule has 18 heavy (non-hydrogen) atoms. The molecule has 1 aromatic rings. The van der Waals surface area contributed by atoms with E-state index in [1.54, 1.807) is 0 Å². The van der Waals surface area contributed by atoms with Crippen molar-refractivity contribution in [2.75, 3.05) is 11.4 Å². The van der Waals surface area contributed by atoms with E-state index in [2.05, 4.69) is 40.8 Å². The molecule has 0 bridgehead atoms. The zero-order chi connectivity index (χ0) is 12.5. The van der Waals surface area contributed by atoms with Gasteiger partial charge in [-0.15, -0.1) is 0 Å². The second-order valence-electron chi connectivity index (χ2n) is 5.40. The van der Waals surface area contributed by atoms with Crippen molar-refractivity contribution in [1.29, 1.82) is 0 Å². The fraction of sp³-hybridized carbons (Fsp3) is 0.533. The molecule has 1 aliphatic carbocycles. The van der Waals surface area contributed by atoms with Crippen LogP contribution in [0.5, 0.6) is 0 Å². The molecule has 0 radical (unpaired) electrons. The van der Waals surface area contributed by atoms with Crippen molar-refractivity contribution in [3.05, 3.63) is 27.3 Å². The van der Waals surface area contributed by atoms with Crippen LogP contribution in [0.3, 0.4) is 0 Å². The van der Waals surface area contributed by atoms with Gasteiger partial charge in [-0.25, -0.2) is 0 Å². The van der Waals surface area contributed by atoms with Gasteiger partial charge in [-0.1, -0.05) is 12.8 Å². The van der Waals surface area contributed by atoms with E-state index in [0.717, 1.165) is 25.3 Å². The van der Waals surface area contributed by atoms with Gasteiger partial charge in [-0.2, -0.15) is 0 Å². The number of rotatable bonds is 3. The average Bonchev–Trinajstić information content (AvgIpc) is 3.15. The van der Waals surface area contributed by atoms with Crippen LogP contribution >= 0.6 is 22.6 Å². The first-order valence-corrected chi connectivity index (χ1v) is 7.91. The summed E-state index contributed by atoms with van der Waals surface area (Å²) in [6.45, 7) is 0.914. The summed E-state index contributed by atoms with van der Waals surface area (Å²) < 4.78 is 1.27. The minimum atomic E-state index is 0.315. The maximum absolute atomic E-state index is 12.2. The third kappa shape index (κ3) is 2.71. The summed E-state index contributed by atoms with van der Waals surface area (Å²) in [6, 6.07) is 6.48. The highest BCUT2D eigenvalue weighted by atomic mass is 127. The molecular weight excluding hydrogens is 337 g/mol. The summed E-state index contributed by atoms with van der Waals surface area (Å²) in [5.74, 6) is 1.20. The van der Waals surface area contributed by atoms with Gasteiger partial charge in [-0.3, -0.25) is 4.79 Å². The molecular formula is C15H18INO. The molecule has 3 rings (SSSR count). The highest BCUT2D eigenvalue weighted by Gasteiger charge is 2.26. The van der Waals surface area contributed by atoms with Crippen molar-refractivity contribution in [3.63, 3.8) is 0 Å². The van der Waals surface area contributed by atoms with E-state index in [-0.39, 0.29) is 0 Å². The molecule has 1 saturated carbocycles. The summed E-state index contributed by atoms with van der Waals surface area (Å²) in [5, 5.41) is 0. The van der Waals surface area contributed by atoms with Crippen LogP contribution in [-0.4, -0.2) is 12.5 Å². The minimum absolute atomic E-state index is 0.315. The van der Waals surface area contributed by atoms with Crippen LogP contribution in [0, 0.1) is 9.49 Å². The number of aryl methyl sites for hydroxylation is 1. The molecule has 0 spiro atoms. The van der Waals surface area contributed by atoms with E-state index in [9.17, 15) is 4.79 Å². The second-order valence-corrected chi connectivity index (χ2v) is 6.65. The number of hydrogen-bond donors (Lipinski definition) is 0. The molecule has 1 aromatic carbocycles. The van der Waals surface area contributed by atoms with E-state index in [0.29, 0.717) is 12.3 Å². The first-order chi connectivity index (χ1) is 8.74. The summed E-state index contributed by atoms with van der Waals surface area (Å²) in [4.78, 5) is 14.3. The lowest BCUT2D eigenvalue weighted by Crippen LogP contribution is -2.31. The molecule has 2 nitrogen and oxygen atoms in total. The van der Waals surface area contributed by atoms with E-state index in [1.165, 1.54) is 34.1 Å². The lowest BCUT2D eigenvalue weighted by molar-refractivity contribution is -0.118. The first kappa shape index (κ1) is 12.5. The molecule has 1 heterocycles. The average molecular weight is 355 g/mol. The standard InChI is InChI=1S/C15H18INO/c16-13-6-7-14-12(10-13)2-1-3-15(18)17(14)9-8-11-4-5-11/h6-7,10-11H,1-5,8-9H2. The lowest BCUT2D eigenvalue weighted by atomic mass is 10.1. The minimum Gasteiger partial charge on any atom is -0.312 e. The molecule has 0 atom stereocenters. The smallest absolute Gasteiger partial charge is 0.226 e. The highest BCUT2D eigenvalue weighted by Crippen LogP contribution is 2.34. The van der Waals surface area contributed by atoms with Crippen LogP contribution in [0.15, 0.2) is 18.2 Å². The molecule has 1 fully saturated rings. The number of carbonyl (C=O) groups excluding carboxylic acids is 1. The van der Waals surface area contributed by atoms with Gasteiger partial charge in [-0.05, 0) is 71.5 Å². The monoisotopic (exact) mass is 355 g/mol. The maximum atomic E-state index is 12.2. The number of hydrogen-bond acceptors (Lipinski definition) is 1. The van der Waals surface area contributed by atoms with Gasteiger partial charge in [0.25, 0.3) is 0 Å². The van der Waals surface area contributed by atoms with Gasteiger partial charge in [0, 0.05) is 22.2 Å². The van der Waals surface area contributed by atoms with Crippen LogP contribution < -0.4 is 4.90 Å².